The second kappa shape index (κ2) is 9.84. The number of hydrogen-bond donors (Lipinski definition) is 2. The standard InChI is InChI=1S/C28H24ClF2N3O2/c1-34(15-20-4-3-9-32-20)28(36)26-22-12-16(21-5-2-6-25(35)27(21)29)7-8-24(22)33-14-23(26)17-10-18(30)13-19(31)11-17/h2,5-8,10-14,20,32,35H,3-4,9,15H2,1H3/t20-/m0/s1. The Bertz CT molecular complexity index is 1450. The van der Waals surface area contributed by atoms with Crippen molar-refractivity contribution in [2.45, 2.75) is 18.9 Å². The third-order valence-electron chi connectivity index (χ3n) is 6.55. The number of hydrogen-bond acceptors (Lipinski definition) is 4. The van der Waals surface area contributed by atoms with Crippen molar-refractivity contribution in [2.75, 3.05) is 20.1 Å². The first-order valence-corrected chi connectivity index (χ1v) is 12.1. The number of likely N-dealkylation sites (N-methyl/N-ethyl adjacent to an activating group) is 1. The van der Waals surface area contributed by atoms with E-state index in [1.807, 2.05) is 0 Å². The summed E-state index contributed by atoms with van der Waals surface area (Å²) in [5.41, 5.74) is 2.65. The lowest BCUT2D eigenvalue weighted by atomic mass is 9.94. The molecule has 1 aromatic heterocycles. The van der Waals surface area contributed by atoms with Crippen LogP contribution in [0.1, 0.15) is 23.2 Å². The molecule has 184 valence electrons. The molecule has 0 radical (unpaired) electrons. The van der Waals surface area contributed by atoms with Crippen LogP contribution in [0.3, 0.4) is 0 Å². The maximum atomic E-state index is 14.2. The van der Waals surface area contributed by atoms with Crippen molar-refractivity contribution in [2.24, 2.45) is 0 Å². The number of rotatable bonds is 5. The Morgan fingerprint density at radius 2 is 1.89 bits per heavy atom. The van der Waals surface area contributed by atoms with E-state index < -0.39 is 11.6 Å². The number of phenols is 1. The first kappa shape index (κ1) is 24.2. The summed E-state index contributed by atoms with van der Waals surface area (Å²) in [6, 6.07) is 13.6. The fourth-order valence-corrected chi connectivity index (χ4v) is 5.01. The molecule has 5 nitrogen and oxygen atoms in total. The number of halogens is 3. The van der Waals surface area contributed by atoms with E-state index >= 15 is 0 Å². The molecular weight excluding hydrogens is 484 g/mol. The van der Waals surface area contributed by atoms with Gasteiger partial charge in [0, 0.05) is 48.4 Å². The lowest BCUT2D eigenvalue weighted by Gasteiger charge is -2.24. The van der Waals surface area contributed by atoms with Crippen LogP contribution in [0.2, 0.25) is 5.02 Å². The Kier molecular flexibility index (Phi) is 6.60. The van der Waals surface area contributed by atoms with Gasteiger partial charge in [0.25, 0.3) is 5.91 Å². The van der Waals surface area contributed by atoms with Gasteiger partial charge in [-0.2, -0.15) is 0 Å². The van der Waals surface area contributed by atoms with Crippen LogP contribution in [0.5, 0.6) is 5.75 Å². The molecule has 1 atom stereocenters. The van der Waals surface area contributed by atoms with Gasteiger partial charge in [0.05, 0.1) is 16.1 Å². The molecule has 0 aliphatic carbocycles. The largest absolute Gasteiger partial charge is 0.506 e. The van der Waals surface area contributed by atoms with Gasteiger partial charge in [-0.15, -0.1) is 0 Å². The number of pyridine rings is 1. The molecule has 1 aliphatic heterocycles. The van der Waals surface area contributed by atoms with E-state index in [-0.39, 0.29) is 28.3 Å². The van der Waals surface area contributed by atoms with E-state index in [9.17, 15) is 18.7 Å². The highest BCUT2D eigenvalue weighted by molar-refractivity contribution is 6.34. The normalized spacial score (nSPS) is 15.4. The summed E-state index contributed by atoms with van der Waals surface area (Å²) in [4.78, 5) is 20.0. The molecule has 5 rings (SSSR count). The summed E-state index contributed by atoms with van der Waals surface area (Å²) >= 11 is 6.36. The van der Waals surface area contributed by atoms with E-state index in [4.69, 9.17) is 11.6 Å². The van der Waals surface area contributed by atoms with E-state index in [2.05, 4.69) is 10.3 Å². The van der Waals surface area contributed by atoms with Crippen molar-refractivity contribution in [3.63, 3.8) is 0 Å². The molecular formula is C28H24ClF2N3O2. The van der Waals surface area contributed by atoms with Crippen LogP contribution >= 0.6 is 11.6 Å². The highest BCUT2D eigenvalue weighted by atomic mass is 35.5. The van der Waals surface area contributed by atoms with E-state index in [0.717, 1.165) is 25.5 Å². The van der Waals surface area contributed by atoms with Gasteiger partial charge in [0.1, 0.15) is 17.4 Å². The smallest absolute Gasteiger partial charge is 0.255 e. The topological polar surface area (TPSA) is 65.5 Å². The average molecular weight is 508 g/mol. The van der Waals surface area contributed by atoms with E-state index in [1.165, 1.54) is 24.4 Å². The molecule has 1 fully saturated rings. The molecule has 36 heavy (non-hydrogen) atoms. The van der Waals surface area contributed by atoms with E-state index in [1.54, 1.807) is 42.3 Å². The number of benzene rings is 3. The number of nitrogens with one attached hydrogen (secondary N) is 1. The zero-order valence-corrected chi connectivity index (χ0v) is 20.3. The molecule has 1 saturated heterocycles. The second-order valence-corrected chi connectivity index (χ2v) is 9.43. The highest BCUT2D eigenvalue weighted by Crippen LogP contribution is 2.38. The predicted molar refractivity (Wildman–Crippen MR) is 137 cm³/mol. The van der Waals surface area contributed by atoms with Crippen molar-refractivity contribution in [1.82, 2.24) is 15.2 Å². The first-order chi connectivity index (χ1) is 17.3. The van der Waals surface area contributed by atoms with E-state index in [0.29, 0.717) is 39.7 Å². The Balaban J connectivity index is 1.71. The van der Waals surface area contributed by atoms with Gasteiger partial charge in [-0.1, -0.05) is 29.8 Å². The van der Waals surface area contributed by atoms with Gasteiger partial charge in [-0.3, -0.25) is 9.78 Å². The Morgan fingerprint density at radius 3 is 2.61 bits per heavy atom. The average Bonchev–Trinajstić information content (AvgIpc) is 3.36. The lowest BCUT2D eigenvalue weighted by Crippen LogP contribution is -2.38. The number of aromatic hydroxyl groups is 1. The van der Waals surface area contributed by atoms with Crippen molar-refractivity contribution in [3.8, 4) is 28.0 Å². The van der Waals surface area contributed by atoms with Crippen LogP contribution < -0.4 is 5.32 Å². The van der Waals surface area contributed by atoms with Gasteiger partial charge in [0.15, 0.2) is 0 Å². The van der Waals surface area contributed by atoms with Crippen molar-refractivity contribution in [1.29, 1.82) is 0 Å². The van der Waals surface area contributed by atoms with Gasteiger partial charge >= 0.3 is 0 Å². The van der Waals surface area contributed by atoms with Crippen LogP contribution in [0.15, 0.2) is 60.8 Å². The number of fused-ring (bicyclic) bond motifs is 1. The molecule has 0 unspecified atom stereocenters. The SMILES string of the molecule is CN(C[C@@H]1CCCN1)C(=O)c1c(-c2cc(F)cc(F)c2)cnc2ccc(-c3cccc(O)c3Cl)cc12. The third kappa shape index (κ3) is 4.64. The summed E-state index contributed by atoms with van der Waals surface area (Å²) < 4.78 is 28.3. The molecule has 2 heterocycles. The van der Waals surface area contributed by atoms with Crippen LogP contribution in [-0.4, -0.2) is 47.1 Å². The van der Waals surface area contributed by atoms with Crippen molar-refractivity contribution in [3.05, 3.63) is 83.0 Å². The summed E-state index contributed by atoms with van der Waals surface area (Å²) in [7, 11) is 1.72. The summed E-state index contributed by atoms with van der Waals surface area (Å²) in [6.07, 6.45) is 3.50. The third-order valence-corrected chi connectivity index (χ3v) is 6.95. The van der Waals surface area contributed by atoms with Gasteiger partial charge in [-0.25, -0.2) is 8.78 Å². The van der Waals surface area contributed by atoms with Crippen LogP contribution in [-0.2, 0) is 0 Å². The number of carbonyl (C=O) groups is 1. The van der Waals surface area contributed by atoms with Crippen molar-refractivity contribution >= 4 is 28.4 Å². The molecule has 2 N–H and O–H groups in total. The Morgan fingerprint density at radius 1 is 1.11 bits per heavy atom. The second-order valence-electron chi connectivity index (χ2n) is 9.05. The summed E-state index contributed by atoms with van der Waals surface area (Å²) in [6.45, 7) is 1.41. The molecule has 3 aromatic carbocycles. The van der Waals surface area contributed by atoms with Gasteiger partial charge < -0.3 is 15.3 Å². The first-order valence-electron chi connectivity index (χ1n) is 11.7. The molecule has 0 bridgehead atoms. The van der Waals surface area contributed by atoms with Crippen LogP contribution in [0.4, 0.5) is 8.78 Å². The molecule has 4 aromatic rings. The minimum atomic E-state index is -0.743. The molecule has 1 aliphatic rings. The summed E-state index contributed by atoms with van der Waals surface area (Å²) in [5, 5.41) is 14.2. The zero-order chi connectivity index (χ0) is 25.4. The minimum Gasteiger partial charge on any atom is -0.506 e. The fourth-order valence-electron chi connectivity index (χ4n) is 4.78. The molecule has 0 spiro atoms. The lowest BCUT2D eigenvalue weighted by molar-refractivity contribution is 0.0786. The Labute approximate surface area is 212 Å². The number of amides is 1. The summed E-state index contributed by atoms with van der Waals surface area (Å²) in [5.74, 6) is -1.83. The highest BCUT2D eigenvalue weighted by Gasteiger charge is 2.25. The quantitative estimate of drug-likeness (QED) is 0.346. The maximum absolute atomic E-state index is 14.2. The molecule has 1 amide bonds. The molecule has 0 saturated carbocycles. The molecule has 8 heteroatoms. The van der Waals surface area contributed by atoms with Crippen LogP contribution in [0, 0.1) is 11.6 Å². The minimum absolute atomic E-state index is 0.0588. The number of carbonyl (C=O) groups excluding carboxylic acids is 1. The predicted octanol–water partition coefficient (Wildman–Crippen LogP) is 6.03. The van der Waals surface area contributed by atoms with Crippen LogP contribution in [0.25, 0.3) is 33.2 Å². The van der Waals surface area contributed by atoms with Gasteiger partial charge in [0.2, 0.25) is 0 Å². The fraction of sp³-hybridized carbons (Fsp3) is 0.214. The number of aromatic nitrogens is 1. The number of nitrogens with zero attached hydrogens (tertiary/aromatic N) is 2. The Hall–Kier alpha value is -3.55. The monoisotopic (exact) mass is 507 g/mol. The zero-order valence-electron chi connectivity index (χ0n) is 19.6. The van der Waals surface area contributed by atoms with Gasteiger partial charge in [-0.05, 0) is 60.8 Å². The number of phenolic OH excluding ortho intramolecular Hbond substituents is 1. The maximum Gasteiger partial charge on any atom is 0.255 e. The van der Waals surface area contributed by atoms with Crippen molar-refractivity contribution < 1.29 is 18.7 Å².